The normalized spacial score (nSPS) is 10.9. The van der Waals surface area contributed by atoms with Crippen LogP contribution in [0.3, 0.4) is 0 Å². The number of hydrogen-bond donors (Lipinski definition) is 0. The monoisotopic (exact) mass is 333 g/mol. The Morgan fingerprint density at radius 3 is 2.87 bits per heavy atom. The number of ether oxygens (including phenoxy) is 1. The van der Waals surface area contributed by atoms with Crippen LogP contribution in [0.15, 0.2) is 35.6 Å². The van der Waals surface area contributed by atoms with Gasteiger partial charge in [-0.3, -0.25) is 4.79 Å². The largest absolute Gasteiger partial charge is 0.462 e. The van der Waals surface area contributed by atoms with Crippen LogP contribution in [-0.4, -0.2) is 36.7 Å². The molecule has 3 aromatic heterocycles. The maximum Gasteiger partial charge on any atom is 0.345 e. The van der Waals surface area contributed by atoms with Crippen molar-refractivity contribution in [2.45, 2.75) is 13.5 Å². The number of esters is 1. The number of nitrogens with zero attached hydrogens (tertiary/aromatic N) is 5. The number of carbonyl (C=O) groups excluding carboxylic acids is 1. The molecule has 0 unspecified atom stereocenters. The van der Waals surface area contributed by atoms with Crippen LogP contribution in [0.25, 0.3) is 5.78 Å². The summed E-state index contributed by atoms with van der Waals surface area (Å²) in [5, 5.41) is 4.25. The quantitative estimate of drug-likeness (QED) is 0.525. The Morgan fingerprint density at radius 1 is 1.35 bits per heavy atom. The van der Waals surface area contributed by atoms with Gasteiger partial charge in [0.2, 0.25) is 5.78 Å². The van der Waals surface area contributed by atoms with E-state index in [2.05, 4.69) is 15.1 Å². The lowest BCUT2D eigenvalue weighted by Gasteiger charge is -2.10. The summed E-state index contributed by atoms with van der Waals surface area (Å²) < 4.78 is 7.61. The van der Waals surface area contributed by atoms with E-state index in [1.165, 1.54) is 12.5 Å². The molecule has 0 amide bonds. The SMILES string of the molecule is CCOC(=O)c1cn(Cc2ccc(Cl)nc2)c2ncnn2c1=O. The Hall–Kier alpha value is -2.74. The molecule has 0 saturated heterocycles. The van der Waals surface area contributed by atoms with Crippen molar-refractivity contribution in [3.63, 3.8) is 0 Å². The third kappa shape index (κ3) is 2.93. The molecule has 118 valence electrons. The highest BCUT2D eigenvalue weighted by atomic mass is 35.5. The summed E-state index contributed by atoms with van der Waals surface area (Å²) in [6.07, 6.45) is 4.28. The van der Waals surface area contributed by atoms with Gasteiger partial charge in [-0.15, -0.1) is 0 Å². The first kappa shape index (κ1) is 15.2. The first-order valence-corrected chi connectivity index (χ1v) is 7.18. The zero-order chi connectivity index (χ0) is 16.4. The van der Waals surface area contributed by atoms with Gasteiger partial charge in [-0.05, 0) is 18.6 Å². The van der Waals surface area contributed by atoms with Crippen LogP contribution in [0.1, 0.15) is 22.8 Å². The maximum atomic E-state index is 12.3. The highest BCUT2D eigenvalue weighted by Crippen LogP contribution is 2.09. The first-order chi connectivity index (χ1) is 11.1. The molecule has 0 aromatic carbocycles. The molecule has 3 rings (SSSR count). The number of carbonyl (C=O) groups is 1. The minimum atomic E-state index is -0.696. The second-order valence-corrected chi connectivity index (χ2v) is 5.04. The third-order valence-corrected chi connectivity index (χ3v) is 3.35. The average Bonchev–Trinajstić information content (AvgIpc) is 3.02. The number of hydrogen-bond acceptors (Lipinski definition) is 6. The Balaban J connectivity index is 2.10. The van der Waals surface area contributed by atoms with Gasteiger partial charge in [-0.2, -0.15) is 14.6 Å². The van der Waals surface area contributed by atoms with Crippen LogP contribution >= 0.6 is 11.6 Å². The van der Waals surface area contributed by atoms with E-state index in [1.807, 2.05) is 0 Å². The van der Waals surface area contributed by atoms with Crippen LogP contribution in [0.5, 0.6) is 0 Å². The van der Waals surface area contributed by atoms with Crippen molar-refractivity contribution >= 4 is 23.3 Å². The molecule has 0 atom stereocenters. The van der Waals surface area contributed by atoms with Gasteiger partial charge < -0.3 is 9.30 Å². The number of halogens is 1. The predicted molar refractivity (Wildman–Crippen MR) is 81.6 cm³/mol. The molecule has 0 spiro atoms. The lowest BCUT2D eigenvalue weighted by molar-refractivity contribution is 0.0523. The maximum absolute atomic E-state index is 12.3. The van der Waals surface area contributed by atoms with Gasteiger partial charge in [0, 0.05) is 12.4 Å². The Bertz CT molecular complexity index is 916. The standard InChI is InChI=1S/C14H12ClN5O3/c1-2-23-13(22)10-7-19(6-9-3-4-11(15)16-5-9)14-17-8-18-20(14)12(10)21/h3-5,7-8H,2,6H2,1H3. The zero-order valence-electron chi connectivity index (χ0n) is 12.1. The summed E-state index contributed by atoms with van der Waals surface area (Å²) in [5.74, 6) is -0.379. The van der Waals surface area contributed by atoms with E-state index in [4.69, 9.17) is 16.3 Å². The van der Waals surface area contributed by atoms with E-state index in [0.717, 1.165) is 10.1 Å². The van der Waals surface area contributed by atoms with Gasteiger partial charge in [0.1, 0.15) is 17.0 Å². The number of fused-ring (bicyclic) bond motifs is 1. The van der Waals surface area contributed by atoms with E-state index < -0.39 is 11.5 Å². The van der Waals surface area contributed by atoms with Crippen molar-refractivity contribution in [1.29, 1.82) is 0 Å². The summed E-state index contributed by atoms with van der Waals surface area (Å²) in [4.78, 5) is 32.3. The summed E-state index contributed by atoms with van der Waals surface area (Å²) in [6.45, 7) is 2.19. The van der Waals surface area contributed by atoms with E-state index in [1.54, 1.807) is 29.8 Å². The molecule has 0 fully saturated rings. The van der Waals surface area contributed by atoms with Gasteiger partial charge in [-0.25, -0.2) is 9.78 Å². The molecule has 3 heterocycles. The number of pyridine rings is 1. The smallest absolute Gasteiger partial charge is 0.345 e. The second-order valence-electron chi connectivity index (χ2n) is 4.66. The van der Waals surface area contributed by atoms with Crippen molar-refractivity contribution in [2.24, 2.45) is 0 Å². The molecular weight excluding hydrogens is 322 g/mol. The van der Waals surface area contributed by atoms with Crippen molar-refractivity contribution in [2.75, 3.05) is 6.61 Å². The highest BCUT2D eigenvalue weighted by molar-refractivity contribution is 6.29. The van der Waals surface area contributed by atoms with Crippen molar-refractivity contribution in [3.8, 4) is 0 Å². The molecule has 8 nitrogen and oxygen atoms in total. The minimum Gasteiger partial charge on any atom is -0.462 e. The van der Waals surface area contributed by atoms with Gasteiger partial charge in [0.05, 0.1) is 13.2 Å². The summed E-state index contributed by atoms with van der Waals surface area (Å²) in [7, 11) is 0. The average molecular weight is 334 g/mol. The molecule has 0 aliphatic rings. The fourth-order valence-electron chi connectivity index (χ4n) is 2.12. The fraction of sp³-hybridized carbons (Fsp3) is 0.214. The minimum absolute atomic E-state index is 0.105. The van der Waals surface area contributed by atoms with Crippen LogP contribution in [-0.2, 0) is 11.3 Å². The molecule has 0 radical (unpaired) electrons. The Labute approximate surface area is 135 Å². The van der Waals surface area contributed by atoms with Gasteiger partial charge >= 0.3 is 5.97 Å². The van der Waals surface area contributed by atoms with E-state index in [-0.39, 0.29) is 12.2 Å². The third-order valence-electron chi connectivity index (χ3n) is 3.13. The number of aromatic nitrogens is 5. The molecular formula is C14H12ClN5O3. The second kappa shape index (κ2) is 6.17. The topological polar surface area (TPSA) is 91.4 Å². The lowest BCUT2D eigenvalue weighted by Crippen LogP contribution is -2.27. The summed E-state index contributed by atoms with van der Waals surface area (Å²) in [5.41, 5.74) is 0.158. The summed E-state index contributed by atoms with van der Waals surface area (Å²) >= 11 is 5.77. The van der Waals surface area contributed by atoms with Crippen molar-refractivity contribution in [3.05, 3.63) is 57.5 Å². The van der Waals surface area contributed by atoms with Crippen molar-refractivity contribution < 1.29 is 9.53 Å². The van der Waals surface area contributed by atoms with Crippen LogP contribution in [0.4, 0.5) is 0 Å². The zero-order valence-corrected chi connectivity index (χ0v) is 12.9. The molecule has 23 heavy (non-hydrogen) atoms. The van der Waals surface area contributed by atoms with Crippen LogP contribution < -0.4 is 5.56 Å². The lowest BCUT2D eigenvalue weighted by atomic mass is 10.2. The van der Waals surface area contributed by atoms with Crippen LogP contribution in [0.2, 0.25) is 5.15 Å². The van der Waals surface area contributed by atoms with Crippen LogP contribution in [0, 0.1) is 0 Å². The van der Waals surface area contributed by atoms with Gasteiger partial charge in [-0.1, -0.05) is 17.7 Å². The molecule has 9 heteroatoms. The molecule has 0 saturated carbocycles. The summed E-state index contributed by atoms with van der Waals surface area (Å²) in [6, 6.07) is 3.46. The molecule has 0 bridgehead atoms. The molecule has 0 aliphatic carbocycles. The van der Waals surface area contributed by atoms with E-state index in [9.17, 15) is 9.59 Å². The van der Waals surface area contributed by atoms with E-state index >= 15 is 0 Å². The van der Waals surface area contributed by atoms with Gasteiger partial charge in [0.15, 0.2) is 0 Å². The molecule has 0 aliphatic heterocycles. The molecule has 3 aromatic rings. The molecule has 0 N–H and O–H groups in total. The predicted octanol–water partition coefficient (Wildman–Crippen LogP) is 1.16. The van der Waals surface area contributed by atoms with Crippen molar-refractivity contribution in [1.82, 2.24) is 24.1 Å². The Morgan fingerprint density at radius 2 is 2.17 bits per heavy atom. The first-order valence-electron chi connectivity index (χ1n) is 6.81. The van der Waals surface area contributed by atoms with Gasteiger partial charge in [0.25, 0.3) is 5.56 Å². The highest BCUT2D eigenvalue weighted by Gasteiger charge is 2.18. The Kier molecular flexibility index (Phi) is 4.07. The van der Waals surface area contributed by atoms with E-state index in [0.29, 0.717) is 17.5 Å². The number of rotatable bonds is 4. The fourth-order valence-corrected chi connectivity index (χ4v) is 2.23.